The number of hydrogen-bond donors (Lipinski definition) is 3. The van der Waals surface area contributed by atoms with E-state index in [0.717, 1.165) is 31.4 Å². The molecule has 0 spiro atoms. The molecule has 28 heavy (non-hydrogen) atoms. The molecule has 3 N–H and O–H groups in total. The van der Waals surface area contributed by atoms with Gasteiger partial charge in [0.05, 0.1) is 21.8 Å². The van der Waals surface area contributed by atoms with Crippen molar-refractivity contribution < 1.29 is 5.11 Å². The van der Waals surface area contributed by atoms with Crippen LogP contribution in [0.1, 0.15) is 32.6 Å². The Morgan fingerprint density at radius 1 is 1.11 bits per heavy atom. The van der Waals surface area contributed by atoms with Crippen LogP contribution in [0.3, 0.4) is 0 Å². The second-order valence-corrected chi connectivity index (χ2v) is 8.13. The van der Waals surface area contributed by atoms with Crippen LogP contribution in [-0.2, 0) is 0 Å². The molecule has 0 unspecified atom stereocenters. The molecule has 7 nitrogen and oxygen atoms in total. The Hall–Kier alpha value is -2.22. The Morgan fingerprint density at radius 3 is 2.64 bits per heavy atom. The third-order valence-corrected chi connectivity index (χ3v) is 5.69. The minimum atomic E-state index is -0.576. The zero-order valence-corrected chi connectivity index (χ0v) is 16.8. The van der Waals surface area contributed by atoms with Crippen molar-refractivity contribution >= 4 is 51.7 Å². The van der Waals surface area contributed by atoms with Gasteiger partial charge >= 0.3 is 0 Å². The third kappa shape index (κ3) is 4.27. The van der Waals surface area contributed by atoms with Crippen molar-refractivity contribution in [3.8, 4) is 0 Å². The van der Waals surface area contributed by atoms with Gasteiger partial charge in [-0.3, -0.25) is 0 Å². The number of aromatic nitrogens is 4. The first-order valence-electron chi connectivity index (χ1n) is 9.08. The number of rotatable bonds is 4. The maximum absolute atomic E-state index is 10.1. The number of anilines is 3. The number of aliphatic hydroxyl groups is 1. The highest BCUT2D eigenvalue weighted by atomic mass is 35.5. The molecule has 3 aromatic rings. The fourth-order valence-corrected chi connectivity index (χ4v) is 3.59. The van der Waals surface area contributed by atoms with Crippen LogP contribution in [-0.4, -0.2) is 36.7 Å². The molecule has 0 saturated heterocycles. The van der Waals surface area contributed by atoms with E-state index in [9.17, 15) is 5.11 Å². The molecule has 1 aromatic carbocycles. The second kappa shape index (κ2) is 7.66. The lowest BCUT2D eigenvalue weighted by Gasteiger charge is -2.33. The predicted octanol–water partition coefficient (Wildman–Crippen LogP) is 4.58. The van der Waals surface area contributed by atoms with Gasteiger partial charge in [-0.1, -0.05) is 23.2 Å². The van der Waals surface area contributed by atoms with E-state index < -0.39 is 5.60 Å². The van der Waals surface area contributed by atoms with Gasteiger partial charge in [-0.15, -0.1) is 0 Å². The predicted molar refractivity (Wildman–Crippen MR) is 111 cm³/mol. The van der Waals surface area contributed by atoms with Crippen molar-refractivity contribution in [2.45, 2.75) is 44.2 Å². The average Bonchev–Trinajstić information content (AvgIpc) is 2.67. The average molecular weight is 419 g/mol. The molecule has 1 saturated carbocycles. The topological polar surface area (TPSA) is 95.9 Å². The first-order chi connectivity index (χ1) is 13.4. The highest BCUT2D eigenvalue weighted by molar-refractivity contribution is 6.42. The fourth-order valence-electron chi connectivity index (χ4n) is 3.29. The van der Waals surface area contributed by atoms with E-state index in [1.54, 1.807) is 18.3 Å². The van der Waals surface area contributed by atoms with Crippen LogP contribution in [0.5, 0.6) is 0 Å². The summed E-state index contributed by atoms with van der Waals surface area (Å²) in [7, 11) is 0. The van der Waals surface area contributed by atoms with Gasteiger partial charge in [-0.25, -0.2) is 19.9 Å². The molecule has 0 bridgehead atoms. The number of nitrogens with zero attached hydrogens (tertiary/aromatic N) is 4. The van der Waals surface area contributed by atoms with E-state index in [4.69, 9.17) is 23.2 Å². The zero-order valence-electron chi connectivity index (χ0n) is 15.3. The summed E-state index contributed by atoms with van der Waals surface area (Å²) in [5, 5.41) is 17.6. The molecule has 2 heterocycles. The Morgan fingerprint density at radius 2 is 1.89 bits per heavy atom. The van der Waals surface area contributed by atoms with Crippen LogP contribution in [0.2, 0.25) is 10.0 Å². The van der Waals surface area contributed by atoms with Crippen LogP contribution in [0.15, 0.2) is 30.7 Å². The first-order valence-corrected chi connectivity index (χ1v) is 9.84. The summed E-state index contributed by atoms with van der Waals surface area (Å²) in [6.45, 7) is 1.88. The minimum absolute atomic E-state index is 0.230. The van der Waals surface area contributed by atoms with Crippen molar-refractivity contribution in [3.05, 3.63) is 40.8 Å². The molecule has 1 aliphatic carbocycles. The maximum Gasteiger partial charge on any atom is 0.223 e. The first kappa shape index (κ1) is 19.1. The van der Waals surface area contributed by atoms with Crippen LogP contribution in [0.4, 0.5) is 17.5 Å². The highest BCUT2D eigenvalue weighted by Crippen LogP contribution is 2.30. The zero-order chi connectivity index (χ0) is 19.7. The molecular weight excluding hydrogens is 399 g/mol. The molecule has 1 aliphatic rings. The van der Waals surface area contributed by atoms with Gasteiger partial charge in [-0.05, 0) is 50.8 Å². The molecular formula is C19H20Cl2N6O. The van der Waals surface area contributed by atoms with Crippen molar-refractivity contribution in [2.24, 2.45) is 0 Å². The third-order valence-electron chi connectivity index (χ3n) is 4.96. The summed E-state index contributed by atoms with van der Waals surface area (Å²) in [6, 6.07) is 5.49. The normalized spacial score (nSPS) is 22.2. The quantitative estimate of drug-likeness (QED) is 0.570. The number of nitrogens with one attached hydrogen (secondary N) is 2. The summed E-state index contributed by atoms with van der Waals surface area (Å²) in [5.41, 5.74) is 1.41. The van der Waals surface area contributed by atoms with Gasteiger partial charge in [0.25, 0.3) is 0 Å². The molecule has 4 rings (SSSR count). The van der Waals surface area contributed by atoms with Crippen LogP contribution in [0.25, 0.3) is 11.0 Å². The lowest BCUT2D eigenvalue weighted by atomic mass is 9.84. The number of benzene rings is 1. The van der Waals surface area contributed by atoms with E-state index in [1.807, 2.05) is 13.0 Å². The molecule has 0 aliphatic heterocycles. The summed E-state index contributed by atoms with van der Waals surface area (Å²) < 4.78 is 0. The van der Waals surface area contributed by atoms with Crippen molar-refractivity contribution in [2.75, 3.05) is 10.6 Å². The van der Waals surface area contributed by atoms with E-state index in [2.05, 4.69) is 30.6 Å². The smallest absolute Gasteiger partial charge is 0.223 e. The largest absolute Gasteiger partial charge is 0.390 e. The molecule has 0 atom stereocenters. The Kier molecular flexibility index (Phi) is 5.23. The van der Waals surface area contributed by atoms with E-state index >= 15 is 0 Å². The summed E-state index contributed by atoms with van der Waals surface area (Å²) >= 11 is 12.1. The second-order valence-electron chi connectivity index (χ2n) is 7.32. The summed E-state index contributed by atoms with van der Waals surface area (Å²) in [5.74, 6) is 1.08. The van der Waals surface area contributed by atoms with Crippen molar-refractivity contribution in [1.82, 2.24) is 19.9 Å². The molecule has 9 heteroatoms. The monoisotopic (exact) mass is 418 g/mol. The fraction of sp³-hybridized carbons (Fsp3) is 0.368. The van der Waals surface area contributed by atoms with Crippen molar-refractivity contribution in [1.29, 1.82) is 0 Å². The molecule has 0 radical (unpaired) electrons. The number of halogens is 2. The molecule has 146 valence electrons. The van der Waals surface area contributed by atoms with Gasteiger partial charge in [0.2, 0.25) is 5.95 Å². The SMILES string of the molecule is CC1(O)CCC(Nc2ncc3ncnc(Nc4ccc(Cl)c(Cl)c4)c3n2)CC1. The standard InChI is InChI=1S/C19H20Cl2N6O/c1-19(28)6-4-11(5-7-19)26-18-22-9-15-16(27-18)17(24-10-23-15)25-12-2-3-13(20)14(21)8-12/h2-3,8-11,28H,4-7H2,1H3,(H,22,26,27)(H,23,24,25). The molecule has 0 amide bonds. The minimum Gasteiger partial charge on any atom is -0.390 e. The summed E-state index contributed by atoms with van der Waals surface area (Å²) in [6.07, 6.45) is 6.38. The Bertz CT molecular complexity index is 1000. The lowest BCUT2D eigenvalue weighted by molar-refractivity contribution is 0.0196. The number of hydrogen-bond acceptors (Lipinski definition) is 7. The van der Waals surface area contributed by atoms with Crippen LogP contribution in [0, 0.1) is 0 Å². The summed E-state index contributed by atoms with van der Waals surface area (Å²) in [4.78, 5) is 17.5. The Labute approximate surface area is 172 Å². The lowest BCUT2D eigenvalue weighted by Crippen LogP contribution is -2.36. The molecule has 2 aromatic heterocycles. The van der Waals surface area contributed by atoms with Gasteiger partial charge in [-0.2, -0.15) is 0 Å². The van der Waals surface area contributed by atoms with E-state index in [0.29, 0.717) is 32.8 Å². The van der Waals surface area contributed by atoms with Crippen LogP contribution < -0.4 is 10.6 Å². The van der Waals surface area contributed by atoms with E-state index in [1.165, 1.54) is 6.33 Å². The molecule has 1 fully saturated rings. The van der Waals surface area contributed by atoms with Crippen molar-refractivity contribution in [3.63, 3.8) is 0 Å². The Balaban J connectivity index is 1.58. The number of fused-ring (bicyclic) bond motifs is 1. The maximum atomic E-state index is 10.1. The van der Waals surface area contributed by atoms with Gasteiger partial charge in [0.1, 0.15) is 17.4 Å². The highest BCUT2D eigenvalue weighted by Gasteiger charge is 2.28. The van der Waals surface area contributed by atoms with Gasteiger partial charge < -0.3 is 15.7 Å². The van der Waals surface area contributed by atoms with Crippen LogP contribution >= 0.6 is 23.2 Å². The van der Waals surface area contributed by atoms with Gasteiger partial charge in [0, 0.05) is 11.7 Å². The van der Waals surface area contributed by atoms with E-state index in [-0.39, 0.29) is 6.04 Å². The van der Waals surface area contributed by atoms with Gasteiger partial charge in [0.15, 0.2) is 5.82 Å².